The Labute approximate surface area is 87.8 Å². The van der Waals surface area contributed by atoms with Crippen molar-refractivity contribution >= 4 is 15.9 Å². The minimum absolute atomic E-state index is 0.288. The normalized spacial score (nSPS) is 13.2. The summed E-state index contributed by atoms with van der Waals surface area (Å²) in [6.45, 7) is 5.35. The fraction of sp³-hybridized carbons (Fsp3) is 0.600. The van der Waals surface area contributed by atoms with Crippen LogP contribution in [0.5, 0.6) is 0 Å². The molecule has 0 radical (unpaired) electrons. The van der Waals surface area contributed by atoms with Crippen LogP contribution in [0.3, 0.4) is 0 Å². The van der Waals surface area contributed by atoms with Crippen molar-refractivity contribution in [2.24, 2.45) is 0 Å². The van der Waals surface area contributed by atoms with Gasteiger partial charge in [-0.2, -0.15) is 0 Å². The lowest BCUT2D eigenvalue weighted by molar-refractivity contribution is 0.426. The van der Waals surface area contributed by atoms with Gasteiger partial charge in [0.1, 0.15) is 5.76 Å². The van der Waals surface area contributed by atoms with E-state index >= 15 is 0 Å². The molecule has 2 nitrogen and oxygen atoms in total. The summed E-state index contributed by atoms with van der Waals surface area (Å²) >= 11 is 3.44. The van der Waals surface area contributed by atoms with Gasteiger partial charge in [-0.1, -0.05) is 13.3 Å². The van der Waals surface area contributed by atoms with E-state index in [1.165, 1.54) is 12.8 Å². The van der Waals surface area contributed by atoms with Gasteiger partial charge < -0.3 is 9.73 Å². The minimum atomic E-state index is 0.288. The van der Waals surface area contributed by atoms with E-state index in [9.17, 15) is 0 Å². The molecule has 0 aliphatic rings. The van der Waals surface area contributed by atoms with Crippen molar-refractivity contribution in [3.05, 3.63) is 22.6 Å². The van der Waals surface area contributed by atoms with Crippen LogP contribution in [0, 0.1) is 0 Å². The summed E-state index contributed by atoms with van der Waals surface area (Å²) in [5, 5.41) is 3.40. The summed E-state index contributed by atoms with van der Waals surface area (Å²) in [5.74, 6) is 0.983. The highest BCUT2D eigenvalue weighted by atomic mass is 79.9. The zero-order chi connectivity index (χ0) is 9.68. The van der Waals surface area contributed by atoms with Crippen molar-refractivity contribution in [2.45, 2.75) is 32.7 Å². The Morgan fingerprint density at radius 3 is 2.92 bits per heavy atom. The van der Waals surface area contributed by atoms with Crippen molar-refractivity contribution in [3.63, 3.8) is 0 Å². The van der Waals surface area contributed by atoms with Crippen molar-refractivity contribution < 1.29 is 4.42 Å². The Morgan fingerprint density at radius 1 is 1.62 bits per heavy atom. The summed E-state index contributed by atoms with van der Waals surface area (Å²) in [6.07, 6.45) is 4.14. The Morgan fingerprint density at radius 2 is 2.38 bits per heavy atom. The highest BCUT2D eigenvalue weighted by molar-refractivity contribution is 9.10. The highest BCUT2D eigenvalue weighted by Crippen LogP contribution is 2.23. The van der Waals surface area contributed by atoms with Crippen LogP contribution in [0.2, 0.25) is 0 Å². The zero-order valence-electron chi connectivity index (χ0n) is 8.14. The lowest BCUT2D eigenvalue weighted by Gasteiger charge is -2.10. The summed E-state index contributed by atoms with van der Waals surface area (Å²) in [7, 11) is 0. The first-order chi connectivity index (χ1) is 6.25. The molecule has 0 aliphatic heterocycles. The van der Waals surface area contributed by atoms with E-state index in [0.29, 0.717) is 0 Å². The highest BCUT2D eigenvalue weighted by Gasteiger charge is 2.11. The van der Waals surface area contributed by atoms with E-state index in [-0.39, 0.29) is 6.04 Å². The number of hydrogen-bond donors (Lipinski definition) is 1. The molecule has 0 aliphatic carbocycles. The Balaban J connectivity index is 2.39. The van der Waals surface area contributed by atoms with Gasteiger partial charge in [0.05, 0.1) is 16.8 Å². The molecule has 0 aromatic carbocycles. The Bertz CT molecular complexity index is 247. The topological polar surface area (TPSA) is 25.2 Å². The molecule has 0 bridgehead atoms. The first kappa shape index (κ1) is 10.8. The molecule has 1 aromatic rings. The van der Waals surface area contributed by atoms with Crippen LogP contribution < -0.4 is 5.32 Å². The summed E-state index contributed by atoms with van der Waals surface area (Å²) < 4.78 is 6.39. The molecule has 1 aromatic heterocycles. The molecule has 1 heterocycles. The number of furan rings is 1. The molecule has 0 spiro atoms. The van der Waals surface area contributed by atoms with E-state index in [1.54, 1.807) is 6.26 Å². The molecule has 1 N–H and O–H groups in total. The van der Waals surface area contributed by atoms with E-state index in [1.807, 2.05) is 6.07 Å². The maximum absolute atomic E-state index is 5.35. The van der Waals surface area contributed by atoms with E-state index in [4.69, 9.17) is 4.42 Å². The van der Waals surface area contributed by atoms with Gasteiger partial charge in [-0.15, -0.1) is 0 Å². The van der Waals surface area contributed by atoms with Crippen LogP contribution in [0.15, 0.2) is 21.2 Å². The predicted octanol–water partition coefficient (Wildman–Crippen LogP) is 3.49. The van der Waals surface area contributed by atoms with Crippen molar-refractivity contribution in [3.8, 4) is 0 Å². The average molecular weight is 246 g/mol. The maximum Gasteiger partial charge on any atom is 0.134 e. The monoisotopic (exact) mass is 245 g/mol. The Kier molecular flexibility index (Phi) is 4.53. The first-order valence-corrected chi connectivity index (χ1v) is 5.51. The number of halogens is 1. The van der Waals surface area contributed by atoms with E-state index < -0.39 is 0 Å². The number of unbranched alkanes of at least 4 members (excludes halogenated alkanes) is 1. The van der Waals surface area contributed by atoms with Crippen LogP contribution in [-0.2, 0) is 0 Å². The molecule has 1 rings (SSSR count). The average Bonchev–Trinajstić information content (AvgIpc) is 2.52. The maximum atomic E-state index is 5.35. The summed E-state index contributed by atoms with van der Waals surface area (Å²) in [6, 6.07) is 2.21. The zero-order valence-corrected chi connectivity index (χ0v) is 9.73. The minimum Gasteiger partial charge on any atom is -0.466 e. The predicted molar refractivity (Wildman–Crippen MR) is 57.7 cm³/mol. The number of rotatable bonds is 5. The lowest BCUT2D eigenvalue weighted by Crippen LogP contribution is -2.19. The van der Waals surface area contributed by atoms with Crippen molar-refractivity contribution in [2.75, 3.05) is 6.54 Å². The second kappa shape index (κ2) is 5.45. The fourth-order valence-electron chi connectivity index (χ4n) is 1.20. The third-order valence-electron chi connectivity index (χ3n) is 2.02. The molecule has 3 heteroatoms. The Hall–Kier alpha value is -0.280. The molecule has 1 atom stereocenters. The molecule has 0 fully saturated rings. The molecule has 0 saturated heterocycles. The van der Waals surface area contributed by atoms with Crippen LogP contribution >= 0.6 is 15.9 Å². The van der Waals surface area contributed by atoms with Gasteiger partial charge in [0.2, 0.25) is 0 Å². The molecule has 13 heavy (non-hydrogen) atoms. The van der Waals surface area contributed by atoms with Gasteiger partial charge >= 0.3 is 0 Å². The van der Waals surface area contributed by atoms with Gasteiger partial charge in [-0.05, 0) is 41.9 Å². The standard InChI is InChI=1S/C10H16BrNO/c1-3-4-6-12-8(2)10-9(11)5-7-13-10/h5,7-8,12H,3-4,6H2,1-2H3. The van der Waals surface area contributed by atoms with Gasteiger partial charge in [0.15, 0.2) is 0 Å². The van der Waals surface area contributed by atoms with E-state index in [0.717, 1.165) is 16.8 Å². The lowest BCUT2D eigenvalue weighted by atomic mass is 10.2. The first-order valence-electron chi connectivity index (χ1n) is 4.72. The van der Waals surface area contributed by atoms with Crippen LogP contribution in [0.4, 0.5) is 0 Å². The van der Waals surface area contributed by atoms with Crippen molar-refractivity contribution in [1.29, 1.82) is 0 Å². The van der Waals surface area contributed by atoms with E-state index in [2.05, 4.69) is 35.1 Å². The SMILES string of the molecule is CCCCNC(C)c1occc1Br. The van der Waals surface area contributed by atoms with Crippen LogP contribution in [0.1, 0.15) is 38.5 Å². The van der Waals surface area contributed by atoms with Crippen molar-refractivity contribution in [1.82, 2.24) is 5.32 Å². The number of nitrogens with one attached hydrogen (secondary N) is 1. The molecule has 0 saturated carbocycles. The summed E-state index contributed by atoms with van der Waals surface area (Å²) in [4.78, 5) is 0. The fourth-order valence-corrected chi connectivity index (χ4v) is 1.75. The molecular weight excluding hydrogens is 230 g/mol. The third kappa shape index (κ3) is 3.16. The summed E-state index contributed by atoms with van der Waals surface area (Å²) in [5.41, 5.74) is 0. The largest absolute Gasteiger partial charge is 0.466 e. The number of hydrogen-bond acceptors (Lipinski definition) is 2. The van der Waals surface area contributed by atoms with Gasteiger partial charge in [0.25, 0.3) is 0 Å². The second-order valence-electron chi connectivity index (χ2n) is 3.16. The molecular formula is C10H16BrNO. The quantitative estimate of drug-likeness (QED) is 0.804. The second-order valence-corrected chi connectivity index (χ2v) is 4.02. The van der Waals surface area contributed by atoms with Crippen LogP contribution in [0.25, 0.3) is 0 Å². The van der Waals surface area contributed by atoms with Gasteiger partial charge in [-0.25, -0.2) is 0 Å². The van der Waals surface area contributed by atoms with Crippen LogP contribution in [-0.4, -0.2) is 6.54 Å². The molecule has 0 amide bonds. The molecule has 74 valence electrons. The third-order valence-corrected chi connectivity index (χ3v) is 2.67. The van der Waals surface area contributed by atoms with Gasteiger partial charge in [-0.3, -0.25) is 0 Å². The van der Waals surface area contributed by atoms with Gasteiger partial charge in [0, 0.05) is 0 Å². The molecule has 1 unspecified atom stereocenters. The smallest absolute Gasteiger partial charge is 0.134 e.